The van der Waals surface area contributed by atoms with E-state index in [1.165, 1.54) is 16.7 Å². The van der Waals surface area contributed by atoms with Gasteiger partial charge in [0.05, 0.1) is 87.9 Å². The Bertz CT molecular complexity index is 2790. The smallest absolute Gasteiger partial charge is 0.373 e. The van der Waals surface area contributed by atoms with Gasteiger partial charge in [0.25, 0.3) is 17.4 Å². The van der Waals surface area contributed by atoms with E-state index in [2.05, 4.69) is 21.2 Å². The highest BCUT2D eigenvalue weighted by Gasteiger charge is 2.46. The average Bonchev–Trinajstić information content (AvgIpc) is 4.32. The van der Waals surface area contributed by atoms with Crippen LogP contribution in [0.4, 0.5) is 0 Å². The highest BCUT2D eigenvalue weighted by molar-refractivity contribution is 6.45. The molecule has 1 aromatic carbocycles. The van der Waals surface area contributed by atoms with Crippen LogP contribution in [0.3, 0.4) is 0 Å². The summed E-state index contributed by atoms with van der Waals surface area (Å²) in [5, 5.41) is 33.4. The molecule has 25 heteroatoms. The van der Waals surface area contributed by atoms with Crippen LogP contribution in [0.15, 0.2) is 35.1 Å². The quantitative estimate of drug-likeness (QED) is 0.0167. The monoisotopic (exact) mass is 1090 g/mol. The molecule has 78 heavy (non-hydrogen) atoms. The van der Waals surface area contributed by atoms with Gasteiger partial charge in [0, 0.05) is 79.5 Å². The number of rotatable bonds is 33. The number of nitrogens with one attached hydrogen (secondary N) is 4. The summed E-state index contributed by atoms with van der Waals surface area (Å²) in [6, 6.07) is 4.23. The summed E-state index contributed by atoms with van der Waals surface area (Å²) in [4.78, 5) is 110. The number of nitrogens with zero attached hydrogens (tertiary/aromatic N) is 3. The molecule has 6 heterocycles. The van der Waals surface area contributed by atoms with Crippen molar-refractivity contribution >= 4 is 59.2 Å². The maximum absolute atomic E-state index is 14.4. The third kappa shape index (κ3) is 14.7. The SMILES string of the molecule is CC[C@@]1(O)C(=O)OCc2c1cc1n(c2=O)Cc2c-1nc1cc3c(cc1c2CNC(=O)[C@H](CCCCNB(C)O)CC(=O)[C@@H](NC(=O)CCOCCOCCOCCOCCNC(=O)CCN1C(=O)C=CC1=O)C(C)C)OCO3. The number of hydrogen-bond acceptors (Lipinski definition) is 19. The summed E-state index contributed by atoms with van der Waals surface area (Å²) in [6.45, 7) is 9.42. The Morgan fingerprint density at radius 2 is 1.49 bits per heavy atom. The molecule has 5 amide bonds. The lowest BCUT2D eigenvalue weighted by Gasteiger charge is -2.31. The van der Waals surface area contributed by atoms with Gasteiger partial charge in [-0.1, -0.05) is 27.2 Å². The van der Waals surface area contributed by atoms with Crippen LogP contribution >= 0.6 is 0 Å². The largest absolute Gasteiger partial charge is 0.458 e. The number of Topliss-reactive ketones (excluding diaryl/α,β-unsaturated/α-hetero) is 1. The Hall–Kier alpha value is -6.61. The van der Waals surface area contributed by atoms with Gasteiger partial charge in [0.2, 0.25) is 24.5 Å². The van der Waals surface area contributed by atoms with Gasteiger partial charge in [-0.2, -0.15) is 0 Å². The highest BCUT2D eigenvalue weighted by atomic mass is 16.7. The number of ketones is 1. The highest BCUT2D eigenvalue weighted by Crippen LogP contribution is 2.43. The van der Waals surface area contributed by atoms with Gasteiger partial charge in [-0.25, -0.2) is 9.78 Å². The molecule has 2 aromatic heterocycles. The fourth-order valence-corrected chi connectivity index (χ4v) is 9.60. The number of unbranched alkanes of at least 4 members (excludes halogenated alkanes) is 1. The van der Waals surface area contributed by atoms with Gasteiger partial charge in [-0.15, -0.1) is 0 Å². The molecule has 6 N–H and O–H groups in total. The lowest BCUT2D eigenvalue weighted by Crippen LogP contribution is -2.46. The predicted molar refractivity (Wildman–Crippen MR) is 279 cm³/mol. The fourth-order valence-electron chi connectivity index (χ4n) is 9.60. The minimum atomic E-state index is -2.03. The number of pyridine rings is 2. The molecule has 0 aliphatic carbocycles. The van der Waals surface area contributed by atoms with Crippen LogP contribution in [0, 0.1) is 11.8 Å². The summed E-state index contributed by atoms with van der Waals surface area (Å²) < 4.78 is 40.2. The lowest BCUT2D eigenvalue weighted by atomic mass is 9.86. The van der Waals surface area contributed by atoms with E-state index < -0.39 is 59.8 Å². The van der Waals surface area contributed by atoms with Gasteiger partial charge in [0.15, 0.2) is 22.9 Å². The van der Waals surface area contributed by atoms with Gasteiger partial charge in [0.1, 0.15) is 6.61 Å². The van der Waals surface area contributed by atoms with E-state index in [4.69, 9.17) is 38.1 Å². The summed E-state index contributed by atoms with van der Waals surface area (Å²) in [5.41, 5.74) is 0.465. The fraction of sp³-hybridized carbons (Fsp3) is 0.566. The van der Waals surface area contributed by atoms with Crippen LogP contribution in [0.2, 0.25) is 6.82 Å². The zero-order valence-corrected chi connectivity index (χ0v) is 44.6. The maximum Gasteiger partial charge on any atom is 0.373 e. The second kappa shape index (κ2) is 27.8. The predicted octanol–water partition coefficient (Wildman–Crippen LogP) is 0.899. The van der Waals surface area contributed by atoms with E-state index >= 15 is 0 Å². The van der Waals surface area contributed by atoms with Gasteiger partial charge in [-0.3, -0.25) is 38.5 Å². The van der Waals surface area contributed by atoms with E-state index in [0.717, 1.165) is 4.90 Å². The molecule has 0 unspecified atom stereocenters. The Kier molecular flexibility index (Phi) is 21.1. The number of imide groups is 1. The lowest BCUT2D eigenvalue weighted by molar-refractivity contribution is -0.172. The second-order valence-corrected chi connectivity index (χ2v) is 19.7. The maximum atomic E-state index is 14.4. The zero-order valence-electron chi connectivity index (χ0n) is 44.6. The summed E-state index contributed by atoms with van der Waals surface area (Å²) in [5.74, 6) is -3.27. The Morgan fingerprint density at radius 1 is 0.821 bits per heavy atom. The van der Waals surface area contributed by atoms with Crippen molar-refractivity contribution in [3.8, 4) is 22.9 Å². The Labute approximate surface area is 451 Å². The van der Waals surface area contributed by atoms with E-state index in [9.17, 15) is 48.5 Å². The number of carbonyl (C=O) groups excluding carboxylic acids is 7. The number of amides is 5. The van der Waals surface area contributed by atoms with Crippen LogP contribution < -0.4 is 36.2 Å². The first-order valence-corrected chi connectivity index (χ1v) is 26.5. The molecule has 0 bridgehead atoms. The molecule has 422 valence electrons. The number of aliphatic hydroxyl groups is 1. The number of cyclic esters (lactones) is 1. The van der Waals surface area contributed by atoms with Crippen molar-refractivity contribution in [3.63, 3.8) is 0 Å². The summed E-state index contributed by atoms with van der Waals surface area (Å²) >= 11 is 0. The number of esters is 1. The summed E-state index contributed by atoms with van der Waals surface area (Å²) in [6.07, 6.45) is 3.62. The normalized spacial score (nSPS) is 16.8. The third-order valence-electron chi connectivity index (χ3n) is 13.9. The topological polar surface area (TPSA) is 311 Å². The number of benzene rings is 1. The molecular formula is C53H70BN7O17. The molecule has 0 fully saturated rings. The molecule has 3 atom stereocenters. The number of aromatic nitrogens is 2. The molecule has 0 saturated heterocycles. The Morgan fingerprint density at radius 3 is 2.15 bits per heavy atom. The second-order valence-electron chi connectivity index (χ2n) is 19.7. The first-order chi connectivity index (χ1) is 37.5. The van der Waals surface area contributed by atoms with Gasteiger partial charge >= 0.3 is 13.0 Å². The number of carbonyl (C=O) groups is 7. The number of hydrogen-bond donors (Lipinski definition) is 6. The van der Waals surface area contributed by atoms with Gasteiger partial charge < -0.3 is 69.0 Å². The molecule has 3 aromatic rings. The van der Waals surface area contributed by atoms with Crippen molar-refractivity contribution in [1.82, 2.24) is 35.6 Å². The zero-order chi connectivity index (χ0) is 55.9. The minimum absolute atomic E-state index is 0.00195. The van der Waals surface area contributed by atoms with Crippen molar-refractivity contribution in [2.24, 2.45) is 11.8 Å². The van der Waals surface area contributed by atoms with Crippen molar-refractivity contribution in [3.05, 3.63) is 63.0 Å². The van der Waals surface area contributed by atoms with E-state index in [0.29, 0.717) is 97.2 Å². The van der Waals surface area contributed by atoms with Crippen LogP contribution in [-0.2, 0) is 82.5 Å². The first kappa shape index (κ1) is 59.1. The molecule has 0 radical (unpaired) electrons. The van der Waals surface area contributed by atoms with Crippen molar-refractivity contribution < 1.29 is 76.9 Å². The molecular weight excluding hydrogens is 1020 g/mol. The van der Waals surface area contributed by atoms with E-state index in [-0.39, 0.29) is 120 Å². The minimum Gasteiger partial charge on any atom is -0.458 e. The van der Waals surface area contributed by atoms with Crippen molar-refractivity contribution in [2.75, 3.05) is 79.3 Å². The van der Waals surface area contributed by atoms with Crippen molar-refractivity contribution in [2.45, 2.75) is 104 Å². The number of ether oxygens (including phenoxy) is 7. The molecule has 24 nitrogen and oxygen atoms in total. The molecule has 4 aliphatic rings. The standard InChI is InChI=1S/C53H70BN7O17/c1-5-53(70)38-26-40-49-36(29-61(40)51(68)37(38)30-76-52(53)69)35(34-25-42-43(78-31-77-42)27-39(34)58-49)28-56-50(67)33(8-6-7-13-57-54(4)71)24-41(62)48(32(2)3)59-45(64)12-16-72-18-20-74-22-23-75-21-19-73-17-14-55-44(63)11-15-60-46(65)9-10-47(60)66/h9-10,25-27,32-33,48,57,70-71H,5-8,11-24,28-31H2,1-4H3,(H,55,63)(H,56,67)(H,59,64)/t33-,48+,53+/m1/s1. The third-order valence-corrected chi connectivity index (χ3v) is 13.9. The van der Waals surface area contributed by atoms with Crippen LogP contribution in [0.25, 0.3) is 22.3 Å². The van der Waals surface area contributed by atoms with E-state index in [1.54, 1.807) is 31.9 Å². The number of fused-ring (bicyclic) bond motifs is 6. The first-order valence-electron chi connectivity index (χ1n) is 26.5. The van der Waals surface area contributed by atoms with E-state index in [1.807, 2.05) is 13.8 Å². The van der Waals surface area contributed by atoms with Crippen LogP contribution in [-0.4, -0.2) is 158 Å². The van der Waals surface area contributed by atoms with Gasteiger partial charge in [-0.05, 0) is 56.2 Å². The average molecular weight is 1090 g/mol. The molecule has 4 aliphatic heterocycles. The van der Waals surface area contributed by atoms with Crippen LogP contribution in [0.1, 0.15) is 88.0 Å². The Balaban J connectivity index is 0.878. The summed E-state index contributed by atoms with van der Waals surface area (Å²) in [7, 11) is -0.718. The molecule has 7 rings (SSSR count). The van der Waals surface area contributed by atoms with Crippen molar-refractivity contribution in [1.29, 1.82) is 0 Å². The van der Waals surface area contributed by atoms with Crippen LogP contribution in [0.5, 0.6) is 11.5 Å². The molecule has 0 saturated carbocycles. The molecule has 0 spiro atoms.